The van der Waals surface area contributed by atoms with Gasteiger partial charge in [-0.25, -0.2) is 0 Å². The molecular weight excluding hydrogens is 522 g/mol. The lowest BCUT2D eigenvalue weighted by molar-refractivity contribution is -0.384. The van der Waals surface area contributed by atoms with Crippen LogP contribution in [0.25, 0.3) is 5.69 Å². The van der Waals surface area contributed by atoms with E-state index in [1.165, 1.54) is 29.5 Å². The van der Waals surface area contributed by atoms with Gasteiger partial charge in [-0.3, -0.25) is 19.5 Å². The van der Waals surface area contributed by atoms with Crippen molar-refractivity contribution in [2.75, 3.05) is 0 Å². The zero-order valence-corrected chi connectivity index (χ0v) is 23.8. The van der Waals surface area contributed by atoms with Crippen LogP contribution in [0.4, 0.5) is 5.69 Å². The minimum atomic E-state index is -0.433. The quantitative estimate of drug-likeness (QED) is 0.0764. The highest BCUT2D eigenvalue weighted by molar-refractivity contribution is 7.98. The van der Waals surface area contributed by atoms with E-state index < -0.39 is 11.0 Å². The number of hydrogen-bond acceptors (Lipinski definition) is 6. The fourth-order valence-electron chi connectivity index (χ4n) is 4.55. The maximum absolute atomic E-state index is 13.0. The van der Waals surface area contributed by atoms with E-state index in [0.717, 1.165) is 36.8 Å². The van der Waals surface area contributed by atoms with Crippen molar-refractivity contribution in [1.82, 2.24) is 20.1 Å². The molecular formula is C31H35N5O3S. The maximum Gasteiger partial charge on any atom is 0.269 e. The standard InChI is InChI=1S/C31H35N5O3S/c1-3-4-5-9-15-29(37)32-28(21-24-12-7-6-8-13-24)30-33-34-31(40-22-25-14-10-11-23(2)20-25)35(30)26-16-18-27(19-17-26)36(38)39/h6-8,10-14,16-20,28H,3-5,9,15,21-22H2,1-2H3,(H,32,37). The molecule has 4 rings (SSSR count). The number of carbonyl (C=O) groups excluding carboxylic acids is 1. The number of hydrogen-bond donors (Lipinski definition) is 1. The molecule has 1 N–H and O–H groups in total. The minimum absolute atomic E-state index is 0.00792. The van der Waals surface area contributed by atoms with Gasteiger partial charge in [0.15, 0.2) is 11.0 Å². The summed E-state index contributed by atoms with van der Waals surface area (Å²) in [5.41, 5.74) is 4.11. The molecule has 40 heavy (non-hydrogen) atoms. The molecule has 1 amide bonds. The first-order valence-electron chi connectivity index (χ1n) is 13.7. The van der Waals surface area contributed by atoms with Crippen LogP contribution in [0.2, 0.25) is 0 Å². The van der Waals surface area contributed by atoms with Crippen molar-refractivity contribution in [3.8, 4) is 5.69 Å². The highest BCUT2D eigenvalue weighted by Crippen LogP contribution is 2.30. The monoisotopic (exact) mass is 557 g/mol. The number of aromatic nitrogens is 3. The lowest BCUT2D eigenvalue weighted by Gasteiger charge is -2.20. The van der Waals surface area contributed by atoms with Crippen LogP contribution < -0.4 is 5.32 Å². The van der Waals surface area contributed by atoms with Gasteiger partial charge in [0.25, 0.3) is 5.69 Å². The van der Waals surface area contributed by atoms with E-state index in [0.29, 0.717) is 35.3 Å². The third kappa shape index (κ3) is 8.02. The Labute approximate surface area is 239 Å². The normalized spacial score (nSPS) is 11.8. The zero-order valence-electron chi connectivity index (χ0n) is 23.0. The Balaban J connectivity index is 1.69. The van der Waals surface area contributed by atoms with Crippen molar-refractivity contribution in [3.63, 3.8) is 0 Å². The Morgan fingerprint density at radius 3 is 2.42 bits per heavy atom. The predicted octanol–water partition coefficient (Wildman–Crippen LogP) is 7.15. The molecule has 0 fully saturated rings. The molecule has 1 unspecified atom stereocenters. The first-order chi connectivity index (χ1) is 19.4. The van der Waals surface area contributed by atoms with Crippen molar-refractivity contribution in [2.45, 2.75) is 69.3 Å². The number of amides is 1. The van der Waals surface area contributed by atoms with Crippen LogP contribution in [0.15, 0.2) is 84.0 Å². The number of benzene rings is 3. The molecule has 3 aromatic carbocycles. The van der Waals surface area contributed by atoms with Gasteiger partial charge in [0.2, 0.25) is 5.91 Å². The predicted molar refractivity (Wildman–Crippen MR) is 159 cm³/mol. The van der Waals surface area contributed by atoms with Crippen LogP contribution in [0.3, 0.4) is 0 Å². The van der Waals surface area contributed by atoms with Crippen LogP contribution in [0.5, 0.6) is 0 Å². The number of nitrogens with zero attached hydrogens (tertiary/aromatic N) is 4. The molecule has 0 aliphatic rings. The zero-order chi connectivity index (χ0) is 28.3. The van der Waals surface area contributed by atoms with Gasteiger partial charge in [-0.05, 0) is 43.0 Å². The van der Waals surface area contributed by atoms with Crippen LogP contribution in [0, 0.1) is 17.0 Å². The summed E-state index contributed by atoms with van der Waals surface area (Å²) in [6.45, 7) is 4.21. The average molecular weight is 558 g/mol. The van der Waals surface area contributed by atoms with Crippen molar-refractivity contribution in [3.05, 3.63) is 111 Å². The molecule has 1 aromatic heterocycles. The van der Waals surface area contributed by atoms with E-state index in [-0.39, 0.29) is 11.6 Å². The Morgan fingerprint density at radius 2 is 1.73 bits per heavy atom. The second kappa shape index (κ2) is 14.4. The summed E-state index contributed by atoms with van der Waals surface area (Å²) in [5, 5.41) is 24.3. The third-order valence-electron chi connectivity index (χ3n) is 6.61. The number of carbonyl (C=O) groups is 1. The molecule has 208 valence electrons. The number of thioether (sulfide) groups is 1. The van der Waals surface area contributed by atoms with Gasteiger partial charge in [0.05, 0.1) is 11.0 Å². The summed E-state index contributed by atoms with van der Waals surface area (Å²) in [4.78, 5) is 23.9. The van der Waals surface area contributed by atoms with E-state index in [1.807, 2.05) is 41.0 Å². The van der Waals surface area contributed by atoms with Crippen molar-refractivity contribution in [1.29, 1.82) is 0 Å². The molecule has 0 bridgehead atoms. The first kappa shape index (κ1) is 29.0. The SMILES string of the molecule is CCCCCCC(=O)NC(Cc1ccccc1)c1nnc(SCc2cccc(C)c2)n1-c1ccc([N+](=O)[O-])cc1. The Morgan fingerprint density at radius 1 is 0.975 bits per heavy atom. The summed E-state index contributed by atoms with van der Waals surface area (Å²) in [6.07, 6.45) is 5.06. The van der Waals surface area contributed by atoms with E-state index in [2.05, 4.69) is 47.6 Å². The van der Waals surface area contributed by atoms with Crippen LogP contribution in [-0.2, 0) is 17.0 Å². The van der Waals surface area contributed by atoms with Crippen LogP contribution >= 0.6 is 11.8 Å². The Hall–Kier alpha value is -3.98. The van der Waals surface area contributed by atoms with Gasteiger partial charge in [0, 0.05) is 30.0 Å². The fraction of sp³-hybridized carbons (Fsp3) is 0.323. The summed E-state index contributed by atoms with van der Waals surface area (Å²) >= 11 is 1.54. The van der Waals surface area contributed by atoms with Crippen LogP contribution in [-0.4, -0.2) is 25.6 Å². The van der Waals surface area contributed by atoms with Crippen molar-refractivity contribution < 1.29 is 9.72 Å². The summed E-state index contributed by atoms with van der Waals surface area (Å²) in [7, 11) is 0. The van der Waals surface area contributed by atoms with Gasteiger partial charge in [-0.15, -0.1) is 10.2 Å². The number of aryl methyl sites for hydroxylation is 1. The molecule has 8 nitrogen and oxygen atoms in total. The Bertz CT molecular complexity index is 1410. The number of non-ortho nitro benzene ring substituents is 1. The van der Waals surface area contributed by atoms with Gasteiger partial charge in [-0.1, -0.05) is 98.1 Å². The lowest BCUT2D eigenvalue weighted by atomic mass is 10.0. The molecule has 9 heteroatoms. The molecule has 0 aliphatic heterocycles. The number of rotatable bonds is 14. The number of nitro benzene ring substituents is 1. The number of nitro groups is 1. The fourth-order valence-corrected chi connectivity index (χ4v) is 5.45. The highest BCUT2D eigenvalue weighted by Gasteiger charge is 2.25. The van der Waals surface area contributed by atoms with Crippen molar-refractivity contribution >= 4 is 23.4 Å². The van der Waals surface area contributed by atoms with Crippen LogP contribution in [0.1, 0.15) is 67.6 Å². The molecule has 1 heterocycles. The summed E-state index contributed by atoms with van der Waals surface area (Å²) in [5.74, 6) is 1.25. The summed E-state index contributed by atoms with van der Waals surface area (Å²) < 4.78 is 1.91. The first-order valence-corrected chi connectivity index (χ1v) is 14.6. The van der Waals surface area contributed by atoms with Gasteiger partial charge in [0.1, 0.15) is 0 Å². The van der Waals surface area contributed by atoms with E-state index >= 15 is 0 Å². The topological polar surface area (TPSA) is 103 Å². The minimum Gasteiger partial charge on any atom is -0.346 e. The largest absolute Gasteiger partial charge is 0.346 e. The second-order valence-electron chi connectivity index (χ2n) is 9.85. The molecule has 0 aliphatic carbocycles. The Kier molecular flexibility index (Phi) is 10.5. The summed E-state index contributed by atoms with van der Waals surface area (Å²) in [6, 6.07) is 24.2. The second-order valence-corrected chi connectivity index (χ2v) is 10.8. The van der Waals surface area contributed by atoms with E-state index in [9.17, 15) is 14.9 Å². The maximum atomic E-state index is 13.0. The molecule has 0 saturated carbocycles. The molecule has 1 atom stereocenters. The molecule has 0 saturated heterocycles. The van der Waals surface area contributed by atoms with E-state index in [1.54, 1.807) is 12.1 Å². The molecule has 4 aromatic rings. The van der Waals surface area contributed by atoms with E-state index in [4.69, 9.17) is 0 Å². The molecule has 0 spiro atoms. The smallest absolute Gasteiger partial charge is 0.269 e. The van der Waals surface area contributed by atoms with Crippen molar-refractivity contribution in [2.24, 2.45) is 0 Å². The average Bonchev–Trinajstić information content (AvgIpc) is 3.38. The number of unbranched alkanes of at least 4 members (excludes halogenated alkanes) is 3. The van der Waals surface area contributed by atoms with Gasteiger partial charge >= 0.3 is 0 Å². The van der Waals surface area contributed by atoms with Gasteiger partial charge < -0.3 is 5.32 Å². The third-order valence-corrected chi connectivity index (χ3v) is 7.61. The highest BCUT2D eigenvalue weighted by atomic mass is 32.2. The number of nitrogens with one attached hydrogen (secondary N) is 1. The lowest BCUT2D eigenvalue weighted by Crippen LogP contribution is -2.31. The van der Waals surface area contributed by atoms with Gasteiger partial charge in [-0.2, -0.15) is 0 Å². The molecule has 0 radical (unpaired) electrons.